The summed E-state index contributed by atoms with van der Waals surface area (Å²) in [6.45, 7) is 0. The van der Waals surface area contributed by atoms with Gasteiger partial charge in [-0.15, -0.1) is 11.3 Å². The molecule has 0 aliphatic heterocycles. The second-order valence-electron chi connectivity index (χ2n) is 2.53. The molecule has 0 atom stereocenters. The molecular formula is C7H2BrF5OS. The van der Waals surface area contributed by atoms with Crippen LogP contribution >= 0.6 is 27.3 Å². The van der Waals surface area contributed by atoms with Gasteiger partial charge in [0.1, 0.15) is 0 Å². The van der Waals surface area contributed by atoms with E-state index in [1.807, 2.05) is 0 Å². The van der Waals surface area contributed by atoms with Crippen molar-refractivity contribution in [2.75, 3.05) is 0 Å². The van der Waals surface area contributed by atoms with E-state index in [0.717, 1.165) is 6.07 Å². The molecule has 0 saturated heterocycles. The number of carbonyl (C=O) groups excluding carboxylic acids is 1. The topological polar surface area (TPSA) is 17.1 Å². The van der Waals surface area contributed by atoms with E-state index in [-0.39, 0.29) is 4.47 Å². The summed E-state index contributed by atoms with van der Waals surface area (Å²) in [6.07, 6.45) is -5.86. The van der Waals surface area contributed by atoms with Gasteiger partial charge in [-0.2, -0.15) is 22.0 Å². The average Bonchev–Trinajstić information content (AvgIpc) is 2.48. The van der Waals surface area contributed by atoms with E-state index in [1.165, 1.54) is 5.38 Å². The molecule has 84 valence electrons. The molecule has 0 spiro atoms. The number of hydrogen-bond acceptors (Lipinski definition) is 2. The molecule has 0 saturated carbocycles. The minimum atomic E-state index is -5.86. The third-order valence-corrected chi connectivity index (χ3v) is 3.12. The van der Waals surface area contributed by atoms with Crippen LogP contribution in [0.5, 0.6) is 0 Å². The van der Waals surface area contributed by atoms with Gasteiger partial charge in [-0.25, -0.2) is 0 Å². The monoisotopic (exact) mass is 308 g/mol. The Morgan fingerprint density at radius 2 is 1.80 bits per heavy atom. The lowest BCUT2D eigenvalue weighted by atomic mass is 10.2. The van der Waals surface area contributed by atoms with Crippen LogP contribution in [0.2, 0.25) is 0 Å². The van der Waals surface area contributed by atoms with Crippen LogP contribution in [0.4, 0.5) is 22.0 Å². The molecule has 1 heterocycles. The van der Waals surface area contributed by atoms with Crippen molar-refractivity contribution < 1.29 is 26.7 Å². The zero-order chi connectivity index (χ0) is 11.9. The van der Waals surface area contributed by atoms with Gasteiger partial charge in [-0.3, -0.25) is 4.79 Å². The zero-order valence-electron chi connectivity index (χ0n) is 6.74. The van der Waals surface area contributed by atoms with Crippen molar-refractivity contribution in [2.45, 2.75) is 12.1 Å². The molecule has 15 heavy (non-hydrogen) atoms. The Hall–Kier alpha value is -0.500. The molecule has 1 aromatic heterocycles. The lowest BCUT2D eigenvalue weighted by Gasteiger charge is -2.16. The van der Waals surface area contributed by atoms with Gasteiger partial charge in [-0.05, 0) is 22.0 Å². The van der Waals surface area contributed by atoms with Gasteiger partial charge in [0.25, 0.3) is 5.78 Å². The largest absolute Gasteiger partial charge is 0.461 e. The number of thiophene rings is 1. The van der Waals surface area contributed by atoms with E-state index >= 15 is 0 Å². The standard InChI is InChI=1S/C7H2BrF5OS/c8-3-1-4(15-2-3)5(14)6(9,10)7(11,12)13/h1-2H. The third-order valence-electron chi connectivity index (χ3n) is 1.43. The Bertz CT molecular complexity index is 383. The predicted molar refractivity (Wildman–Crippen MR) is 47.4 cm³/mol. The van der Waals surface area contributed by atoms with Crippen molar-refractivity contribution in [3.05, 3.63) is 20.8 Å². The first-order valence-electron chi connectivity index (χ1n) is 3.39. The van der Waals surface area contributed by atoms with Crippen molar-refractivity contribution >= 4 is 33.0 Å². The van der Waals surface area contributed by atoms with Crippen molar-refractivity contribution in [3.8, 4) is 0 Å². The van der Waals surface area contributed by atoms with Crippen LogP contribution in [0.25, 0.3) is 0 Å². The van der Waals surface area contributed by atoms with Crippen molar-refractivity contribution in [1.82, 2.24) is 0 Å². The number of ketones is 1. The van der Waals surface area contributed by atoms with Crippen LogP contribution in [-0.2, 0) is 0 Å². The number of carbonyl (C=O) groups is 1. The normalized spacial score (nSPS) is 12.9. The number of rotatable bonds is 2. The Labute approximate surface area is 93.0 Å². The maximum absolute atomic E-state index is 12.5. The van der Waals surface area contributed by atoms with Gasteiger partial charge in [0, 0.05) is 9.85 Å². The lowest BCUT2D eigenvalue weighted by Crippen LogP contribution is -2.43. The van der Waals surface area contributed by atoms with E-state index < -0.39 is 22.8 Å². The summed E-state index contributed by atoms with van der Waals surface area (Å²) in [5.41, 5.74) is 0. The summed E-state index contributed by atoms with van der Waals surface area (Å²) in [7, 11) is 0. The fourth-order valence-electron chi connectivity index (χ4n) is 0.716. The van der Waals surface area contributed by atoms with Crippen LogP contribution in [-0.4, -0.2) is 17.9 Å². The highest BCUT2D eigenvalue weighted by Crippen LogP contribution is 2.39. The summed E-state index contributed by atoms with van der Waals surface area (Å²) >= 11 is 3.37. The summed E-state index contributed by atoms with van der Waals surface area (Å²) in [5, 5.41) is 1.25. The molecule has 1 aromatic rings. The zero-order valence-corrected chi connectivity index (χ0v) is 9.14. The second kappa shape index (κ2) is 3.82. The van der Waals surface area contributed by atoms with Crippen molar-refractivity contribution in [2.24, 2.45) is 0 Å². The maximum Gasteiger partial charge on any atom is 0.461 e. The van der Waals surface area contributed by atoms with Crippen LogP contribution in [0.1, 0.15) is 9.67 Å². The summed E-state index contributed by atoms with van der Waals surface area (Å²) < 4.78 is 60.8. The van der Waals surface area contributed by atoms with Crippen LogP contribution in [0, 0.1) is 0 Å². The average molecular weight is 309 g/mol. The molecule has 0 aromatic carbocycles. The Balaban J connectivity index is 3.05. The first-order valence-corrected chi connectivity index (χ1v) is 5.07. The SMILES string of the molecule is O=C(c1cc(Br)cs1)C(F)(F)C(F)(F)F. The van der Waals surface area contributed by atoms with E-state index in [4.69, 9.17) is 0 Å². The van der Waals surface area contributed by atoms with E-state index in [2.05, 4.69) is 15.9 Å². The second-order valence-corrected chi connectivity index (χ2v) is 4.36. The third kappa shape index (κ3) is 2.36. The minimum Gasteiger partial charge on any atom is -0.286 e. The van der Waals surface area contributed by atoms with Crippen LogP contribution < -0.4 is 0 Å². The summed E-state index contributed by atoms with van der Waals surface area (Å²) in [6, 6.07) is 0.923. The van der Waals surface area contributed by atoms with Gasteiger partial charge in [0.05, 0.1) is 4.88 Å². The number of Topliss-reactive ketones (excluding diaryl/α,β-unsaturated/α-hetero) is 1. The van der Waals surface area contributed by atoms with Gasteiger partial charge < -0.3 is 0 Å². The number of halogens is 6. The smallest absolute Gasteiger partial charge is 0.286 e. The van der Waals surface area contributed by atoms with E-state index in [0.29, 0.717) is 11.3 Å². The predicted octanol–water partition coefficient (Wildman–Crippen LogP) is 3.89. The molecule has 0 amide bonds. The summed E-state index contributed by atoms with van der Waals surface area (Å²) in [5.74, 6) is -7.57. The fraction of sp³-hybridized carbons (Fsp3) is 0.286. The van der Waals surface area contributed by atoms with Crippen molar-refractivity contribution in [3.63, 3.8) is 0 Å². The van der Waals surface area contributed by atoms with Gasteiger partial charge >= 0.3 is 12.1 Å². The molecule has 0 N–H and O–H groups in total. The first-order chi connectivity index (χ1) is 6.66. The molecule has 0 unspecified atom stereocenters. The molecule has 1 rings (SSSR count). The highest BCUT2D eigenvalue weighted by Gasteiger charge is 2.63. The van der Waals surface area contributed by atoms with Crippen LogP contribution in [0.15, 0.2) is 15.9 Å². The van der Waals surface area contributed by atoms with Crippen LogP contribution in [0.3, 0.4) is 0 Å². The van der Waals surface area contributed by atoms with Gasteiger partial charge in [0.15, 0.2) is 0 Å². The quantitative estimate of drug-likeness (QED) is 0.598. The Kier molecular flexibility index (Phi) is 3.20. The number of hydrogen-bond donors (Lipinski definition) is 0. The highest BCUT2D eigenvalue weighted by molar-refractivity contribution is 9.10. The molecule has 0 bridgehead atoms. The fourth-order valence-corrected chi connectivity index (χ4v) is 2.11. The number of alkyl halides is 5. The molecule has 0 fully saturated rings. The Morgan fingerprint density at radius 1 is 1.27 bits per heavy atom. The Morgan fingerprint density at radius 3 is 2.13 bits per heavy atom. The molecule has 0 radical (unpaired) electrons. The molecule has 0 aliphatic rings. The van der Waals surface area contributed by atoms with Crippen molar-refractivity contribution in [1.29, 1.82) is 0 Å². The minimum absolute atomic E-state index is 0.286. The molecule has 8 heteroatoms. The molecule has 0 aliphatic carbocycles. The first kappa shape index (κ1) is 12.6. The van der Waals surface area contributed by atoms with Gasteiger partial charge in [0.2, 0.25) is 0 Å². The lowest BCUT2D eigenvalue weighted by molar-refractivity contribution is -0.255. The van der Waals surface area contributed by atoms with Gasteiger partial charge in [-0.1, -0.05) is 0 Å². The highest BCUT2D eigenvalue weighted by atomic mass is 79.9. The maximum atomic E-state index is 12.5. The van der Waals surface area contributed by atoms with E-state index in [1.54, 1.807) is 0 Å². The molecular weight excluding hydrogens is 307 g/mol. The van der Waals surface area contributed by atoms with E-state index in [9.17, 15) is 26.7 Å². The summed E-state index contributed by atoms with van der Waals surface area (Å²) in [4.78, 5) is 10.2. The molecule has 1 nitrogen and oxygen atoms in total.